The minimum atomic E-state index is -3.86. The second kappa shape index (κ2) is 14.9. The fourth-order valence-corrected chi connectivity index (χ4v) is 5.71. The van der Waals surface area contributed by atoms with Gasteiger partial charge in [-0.15, -0.1) is 16.2 Å². The van der Waals surface area contributed by atoms with Crippen LogP contribution < -0.4 is 5.48 Å². The summed E-state index contributed by atoms with van der Waals surface area (Å²) in [6.45, 7) is 8.34. The first-order chi connectivity index (χ1) is 17.0. The number of hydrazine groups is 1. The zero-order chi connectivity index (χ0) is 26.7. The van der Waals surface area contributed by atoms with E-state index in [9.17, 15) is 18.0 Å². The van der Waals surface area contributed by atoms with Crippen LogP contribution in [0.25, 0.3) is 0 Å². The van der Waals surface area contributed by atoms with Crippen LogP contribution in [0.4, 0.5) is 0 Å². The molecule has 36 heavy (non-hydrogen) atoms. The number of amides is 2. The average Bonchev–Trinajstić information content (AvgIpc) is 2.83. The van der Waals surface area contributed by atoms with E-state index in [1.165, 1.54) is 11.8 Å². The van der Waals surface area contributed by atoms with E-state index in [-0.39, 0.29) is 30.6 Å². The summed E-state index contributed by atoms with van der Waals surface area (Å²) in [6, 6.07) is 8.34. The van der Waals surface area contributed by atoms with Crippen molar-refractivity contribution in [2.45, 2.75) is 77.0 Å². The number of nitrogens with one attached hydrogen (secondary N) is 1. The van der Waals surface area contributed by atoms with E-state index in [1.54, 1.807) is 0 Å². The minimum Gasteiger partial charge on any atom is -0.350 e. The van der Waals surface area contributed by atoms with Gasteiger partial charge < -0.3 is 4.74 Å². The molecule has 1 N–H and O–H groups in total. The van der Waals surface area contributed by atoms with Gasteiger partial charge in [0.15, 0.2) is 6.29 Å². The van der Waals surface area contributed by atoms with Crippen molar-refractivity contribution in [1.82, 2.24) is 14.9 Å². The standard InChI is InChI=1S/C25H41N3O6S2/c1-19(2)14-15-23(29)28(27(17-20(3)4)36(5,31)32)22(18-35-21-11-7-6-8-12-21)25(30)26-34-24-13-9-10-16-33-24/h6-8,11-12,19-20,22,24H,9-10,13-18H2,1-5H3,(H,26,30)/t22-,24-/m0/s1. The number of benzene rings is 1. The summed E-state index contributed by atoms with van der Waals surface area (Å²) in [5.41, 5.74) is 2.46. The SMILES string of the molecule is CC(C)CCC(=O)N([C@@H](CSc1ccccc1)C(=O)NO[C@H]1CCCCO1)N(CC(C)C)S(C)(=O)=O. The van der Waals surface area contributed by atoms with Crippen LogP contribution in [0.2, 0.25) is 0 Å². The quantitative estimate of drug-likeness (QED) is 0.281. The maximum absolute atomic E-state index is 13.5. The van der Waals surface area contributed by atoms with E-state index in [0.717, 1.165) is 33.4 Å². The molecule has 204 valence electrons. The first-order valence-corrected chi connectivity index (χ1v) is 15.4. The number of ether oxygens (including phenoxy) is 1. The number of hydrogen-bond donors (Lipinski definition) is 1. The zero-order valence-corrected chi connectivity index (χ0v) is 23.6. The molecule has 9 nitrogen and oxygen atoms in total. The molecule has 2 rings (SSSR count). The molecule has 1 aliphatic rings. The first-order valence-electron chi connectivity index (χ1n) is 12.5. The van der Waals surface area contributed by atoms with Gasteiger partial charge >= 0.3 is 0 Å². The van der Waals surface area contributed by atoms with Crippen LogP contribution in [-0.2, 0) is 29.2 Å². The monoisotopic (exact) mass is 543 g/mol. The molecular weight excluding hydrogens is 502 g/mol. The number of rotatable bonds is 14. The Balaban J connectivity index is 2.39. The van der Waals surface area contributed by atoms with Crippen LogP contribution >= 0.6 is 11.8 Å². The molecule has 0 saturated carbocycles. The number of hydrogen-bond acceptors (Lipinski definition) is 7. The number of thioether (sulfide) groups is 1. The highest BCUT2D eigenvalue weighted by Crippen LogP contribution is 2.24. The maximum Gasteiger partial charge on any atom is 0.268 e. The average molecular weight is 544 g/mol. The van der Waals surface area contributed by atoms with Crippen LogP contribution in [0.3, 0.4) is 0 Å². The summed E-state index contributed by atoms with van der Waals surface area (Å²) in [4.78, 5) is 33.4. The maximum atomic E-state index is 13.5. The fourth-order valence-electron chi connectivity index (χ4n) is 3.62. The van der Waals surface area contributed by atoms with Gasteiger partial charge in [0.25, 0.3) is 5.91 Å². The normalized spacial score (nSPS) is 17.4. The lowest BCUT2D eigenvalue weighted by molar-refractivity contribution is -0.203. The molecule has 2 atom stereocenters. The molecular formula is C25H41N3O6S2. The molecule has 0 unspecified atom stereocenters. The van der Waals surface area contributed by atoms with Crippen molar-refractivity contribution in [3.63, 3.8) is 0 Å². The third-order valence-electron chi connectivity index (χ3n) is 5.51. The first kappa shape index (κ1) is 30.6. The molecule has 0 aromatic heterocycles. The molecule has 1 saturated heterocycles. The third-order valence-corrected chi connectivity index (χ3v) is 7.69. The molecule has 11 heteroatoms. The van der Waals surface area contributed by atoms with Gasteiger partial charge in [-0.2, -0.15) is 0 Å². The van der Waals surface area contributed by atoms with Gasteiger partial charge in [-0.25, -0.2) is 23.7 Å². The van der Waals surface area contributed by atoms with Crippen LogP contribution in [0.15, 0.2) is 35.2 Å². The molecule has 1 aromatic carbocycles. The second-order valence-electron chi connectivity index (χ2n) is 9.85. The highest BCUT2D eigenvalue weighted by molar-refractivity contribution is 7.99. The topological polar surface area (TPSA) is 105 Å². The number of carbonyl (C=O) groups is 2. The van der Waals surface area contributed by atoms with Crippen LogP contribution in [0, 0.1) is 11.8 Å². The highest BCUT2D eigenvalue weighted by atomic mass is 32.2. The lowest BCUT2D eigenvalue weighted by atomic mass is 10.1. The van der Waals surface area contributed by atoms with E-state index >= 15 is 0 Å². The Morgan fingerprint density at radius 2 is 1.83 bits per heavy atom. The Hall–Kier alpha value is -1.66. The Bertz CT molecular complexity index is 921. The highest BCUT2D eigenvalue weighted by Gasteiger charge is 2.39. The van der Waals surface area contributed by atoms with Crippen molar-refractivity contribution in [3.8, 4) is 0 Å². The summed E-state index contributed by atoms with van der Waals surface area (Å²) < 4.78 is 32.4. The third kappa shape index (κ3) is 10.4. The molecule has 0 aliphatic carbocycles. The summed E-state index contributed by atoms with van der Waals surface area (Å²) in [5, 5.41) is 1.13. The lowest BCUT2D eigenvalue weighted by Gasteiger charge is -2.39. The van der Waals surface area contributed by atoms with Gasteiger partial charge in [-0.3, -0.25) is 9.59 Å². The second-order valence-corrected chi connectivity index (χ2v) is 12.8. The molecule has 1 aliphatic heterocycles. The summed E-state index contributed by atoms with van der Waals surface area (Å²) in [6.07, 6.45) is 3.67. The largest absolute Gasteiger partial charge is 0.350 e. The number of nitrogens with zero attached hydrogens (tertiary/aromatic N) is 2. The molecule has 1 fully saturated rings. The van der Waals surface area contributed by atoms with Gasteiger partial charge in [0, 0.05) is 36.6 Å². The van der Waals surface area contributed by atoms with E-state index in [0.29, 0.717) is 19.4 Å². The number of carbonyl (C=O) groups excluding carboxylic acids is 2. The zero-order valence-electron chi connectivity index (χ0n) is 22.0. The Labute approximate surface area is 220 Å². The van der Waals surface area contributed by atoms with Gasteiger partial charge in [-0.1, -0.05) is 45.9 Å². The van der Waals surface area contributed by atoms with Gasteiger partial charge in [-0.05, 0) is 43.2 Å². The van der Waals surface area contributed by atoms with Crippen molar-refractivity contribution in [3.05, 3.63) is 30.3 Å². The van der Waals surface area contributed by atoms with E-state index < -0.39 is 34.2 Å². The van der Waals surface area contributed by atoms with Gasteiger partial charge in [0.1, 0.15) is 6.04 Å². The predicted octanol–water partition coefficient (Wildman–Crippen LogP) is 3.82. The van der Waals surface area contributed by atoms with Crippen molar-refractivity contribution >= 4 is 33.6 Å². The van der Waals surface area contributed by atoms with Crippen LogP contribution in [0.5, 0.6) is 0 Å². The van der Waals surface area contributed by atoms with Crippen LogP contribution in [-0.4, -0.2) is 67.1 Å². The molecule has 2 amide bonds. The van der Waals surface area contributed by atoms with Crippen molar-refractivity contribution in [1.29, 1.82) is 0 Å². The van der Waals surface area contributed by atoms with E-state index in [4.69, 9.17) is 9.57 Å². The molecule has 1 aromatic rings. The fraction of sp³-hybridized carbons (Fsp3) is 0.680. The van der Waals surface area contributed by atoms with Gasteiger partial charge in [0.2, 0.25) is 15.9 Å². The minimum absolute atomic E-state index is 0.0681. The Morgan fingerprint density at radius 3 is 2.39 bits per heavy atom. The molecule has 0 radical (unpaired) electrons. The summed E-state index contributed by atoms with van der Waals surface area (Å²) in [5.74, 6) is -0.703. The number of hydroxylamine groups is 1. The van der Waals surface area contributed by atoms with Crippen molar-refractivity contribution in [2.24, 2.45) is 11.8 Å². The smallest absolute Gasteiger partial charge is 0.268 e. The predicted molar refractivity (Wildman–Crippen MR) is 141 cm³/mol. The van der Waals surface area contributed by atoms with Crippen molar-refractivity contribution < 1.29 is 27.6 Å². The molecule has 0 spiro atoms. The summed E-state index contributed by atoms with van der Waals surface area (Å²) >= 11 is 1.37. The Kier molecular flexibility index (Phi) is 12.7. The van der Waals surface area contributed by atoms with Crippen LogP contribution in [0.1, 0.15) is 59.8 Å². The van der Waals surface area contributed by atoms with Crippen molar-refractivity contribution in [2.75, 3.05) is 25.2 Å². The van der Waals surface area contributed by atoms with E-state index in [2.05, 4.69) is 5.48 Å². The Morgan fingerprint density at radius 1 is 1.14 bits per heavy atom. The molecule has 0 bridgehead atoms. The van der Waals surface area contributed by atoms with E-state index in [1.807, 2.05) is 58.0 Å². The summed E-state index contributed by atoms with van der Waals surface area (Å²) in [7, 11) is -3.86. The van der Waals surface area contributed by atoms with Gasteiger partial charge in [0.05, 0.1) is 6.26 Å². The lowest BCUT2D eigenvalue weighted by Crippen LogP contribution is -2.60. The number of sulfonamides is 1. The molecule has 1 heterocycles.